The van der Waals surface area contributed by atoms with Crippen LogP contribution in [0.15, 0.2) is 24.4 Å². The van der Waals surface area contributed by atoms with E-state index in [1.54, 1.807) is 4.40 Å². The van der Waals surface area contributed by atoms with Crippen LogP contribution < -0.4 is 0 Å². The van der Waals surface area contributed by atoms with Gasteiger partial charge in [-0.2, -0.15) is 0 Å². The zero-order valence-electron chi connectivity index (χ0n) is 16.8. The van der Waals surface area contributed by atoms with Crippen molar-refractivity contribution in [2.75, 3.05) is 19.6 Å². The van der Waals surface area contributed by atoms with E-state index >= 15 is 0 Å². The minimum Gasteiger partial charge on any atom is -0.336 e. The number of carbonyl (C=O) groups is 2. The zero-order valence-corrected chi connectivity index (χ0v) is 16.8. The van der Waals surface area contributed by atoms with Gasteiger partial charge in [0, 0.05) is 31.9 Å². The number of hydrogen-bond donors (Lipinski definition) is 0. The third-order valence-electron chi connectivity index (χ3n) is 6.19. The fraction of sp³-hybridized carbons (Fsp3) is 0.591. The summed E-state index contributed by atoms with van der Waals surface area (Å²) in [6, 6.07) is 5.95. The molecule has 4 rings (SSSR count). The van der Waals surface area contributed by atoms with Gasteiger partial charge in [0.15, 0.2) is 5.69 Å². The van der Waals surface area contributed by atoms with Crippen LogP contribution in [0.2, 0.25) is 0 Å². The molecular formula is C22H30N4O2. The van der Waals surface area contributed by atoms with E-state index in [0.29, 0.717) is 11.5 Å². The molecule has 6 nitrogen and oxygen atoms in total. The van der Waals surface area contributed by atoms with Crippen molar-refractivity contribution in [3.63, 3.8) is 0 Å². The third-order valence-corrected chi connectivity index (χ3v) is 6.19. The molecule has 2 amide bonds. The van der Waals surface area contributed by atoms with E-state index in [2.05, 4.69) is 11.9 Å². The lowest BCUT2D eigenvalue weighted by Crippen LogP contribution is -2.43. The predicted octanol–water partition coefficient (Wildman–Crippen LogP) is 3.76. The molecule has 2 aromatic heterocycles. The molecule has 28 heavy (non-hydrogen) atoms. The summed E-state index contributed by atoms with van der Waals surface area (Å²) in [5.41, 5.74) is 1.14. The van der Waals surface area contributed by atoms with Crippen molar-refractivity contribution in [3.05, 3.63) is 35.9 Å². The van der Waals surface area contributed by atoms with Crippen molar-refractivity contribution in [3.8, 4) is 0 Å². The van der Waals surface area contributed by atoms with Crippen LogP contribution >= 0.6 is 0 Å². The van der Waals surface area contributed by atoms with E-state index in [0.717, 1.165) is 57.3 Å². The zero-order chi connectivity index (χ0) is 19.5. The van der Waals surface area contributed by atoms with Gasteiger partial charge in [0.25, 0.3) is 11.8 Å². The summed E-state index contributed by atoms with van der Waals surface area (Å²) in [5.74, 6) is 0.268. The Bertz CT molecular complexity index is 851. The number of pyridine rings is 1. The Morgan fingerprint density at radius 3 is 2.50 bits per heavy atom. The van der Waals surface area contributed by atoms with Crippen LogP contribution in [0.3, 0.4) is 0 Å². The Balaban J connectivity index is 1.70. The minimum absolute atomic E-state index is 0.0369. The average Bonchev–Trinajstić information content (AvgIpc) is 2.92. The molecular weight excluding hydrogens is 352 g/mol. The first-order valence-corrected chi connectivity index (χ1v) is 10.8. The molecule has 0 N–H and O–H groups in total. The Labute approximate surface area is 166 Å². The summed E-state index contributed by atoms with van der Waals surface area (Å²) in [6.45, 7) is 4.45. The van der Waals surface area contributed by atoms with Gasteiger partial charge in [-0.15, -0.1) is 0 Å². The molecule has 0 saturated carbocycles. The number of fused-ring (bicyclic) bond motifs is 1. The van der Waals surface area contributed by atoms with Crippen molar-refractivity contribution in [1.29, 1.82) is 0 Å². The molecule has 0 aromatic carbocycles. The summed E-state index contributed by atoms with van der Waals surface area (Å²) in [4.78, 5) is 35.1. The van der Waals surface area contributed by atoms with E-state index in [-0.39, 0.29) is 17.9 Å². The smallest absolute Gasteiger partial charge is 0.290 e. The van der Waals surface area contributed by atoms with Gasteiger partial charge in [0.2, 0.25) is 5.82 Å². The highest BCUT2D eigenvalue weighted by Gasteiger charge is 2.31. The first-order valence-electron chi connectivity index (χ1n) is 10.8. The van der Waals surface area contributed by atoms with Gasteiger partial charge < -0.3 is 9.80 Å². The number of aromatic nitrogens is 2. The van der Waals surface area contributed by atoms with E-state index in [4.69, 9.17) is 0 Å². The number of rotatable bonds is 3. The fourth-order valence-electron chi connectivity index (χ4n) is 4.59. The second kappa shape index (κ2) is 8.33. The maximum Gasteiger partial charge on any atom is 0.290 e. The summed E-state index contributed by atoms with van der Waals surface area (Å²) in [6.07, 6.45) is 10.5. The lowest BCUT2D eigenvalue weighted by molar-refractivity contribution is 0.0604. The van der Waals surface area contributed by atoms with Crippen molar-refractivity contribution in [2.45, 2.75) is 64.3 Å². The Morgan fingerprint density at radius 1 is 1.00 bits per heavy atom. The molecule has 2 fully saturated rings. The highest BCUT2D eigenvalue weighted by molar-refractivity contribution is 6.02. The molecule has 2 saturated heterocycles. The molecule has 6 heteroatoms. The van der Waals surface area contributed by atoms with Crippen molar-refractivity contribution >= 4 is 17.3 Å². The van der Waals surface area contributed by atoms with Crippen molar-refractivity contribution in [1.82, 2.24) is 19.2 Å². The summed E-state index contributed by atoms with van der Waals surface area (Å²) in [5, 5.41) is 0. The van der Waals surface area contributed by atoms with Crippen molar-refractivity contribution < 1.29 is 9.59 Å². The molecule has 150 valence electrons. The van der Waals surface area contributed by atoms with Crippen LogP contribution in [0.1, 0.15) is 79.4 Å². The fourth-order valence-corrected chi connectivity index (χ4v) is 4.59. The summed E-state index contributed by atoms with van der Waals surface area (Å²) in [7, 11) is 0. The van der Waals surface area contributed by atoms with Gasteiger partial charge in [0.05, 0.1) is 5.52 Å². The first kappa shape index (κ1) is 19.0. The molecule has 2 aliphatic rings. The Hall–Kier alpha value is -2.37. The van der Waals surface area contributed by atoms with E-state index in [1.165, 1.54) is 19.3 Å². The van der Waals surface area contributed by atoms with E-state index < -0.39 is 0 Å². The maximum atomic E-state index is 13.4. The highest BCUT2D eigenvalue weighted by Crippen LogP contribution is 2.24. The monoisotopic (exact) mass is 382 g/mol. The van der Waals surface area contributed by atoms with Crippen LogP contribution in [0.4, 0.5) is 0 Å². The highest BCUT2D eigenvalue weighted by atomic mass is 16.2. The quantitative estimate of drug-likeness (QED) is 0.812. The summed E-state index contributed by atoms with van der Waals surface area (Å²) >= 11 is 0. The molecule has 0 bridgehead atoms. The van der Waals surface area contributed by atoms with Crippen molar-refractivity contribution in [2.24, 2.45) is 0 Å². The predicted molar refractivity (Wildman–Crippen MR) is 109 cm³/mol. The Kier molecular flexibility index (Phi) is 5.64. The van der Waals surface area contributed by atoms with Gasteiger partial charge in [0.1, 0.15) is 0 Å². The second-order valence-corrected chi connectivity index (χ2v) is 8.00. The number of piperidine rings is 1. The van der Waals surface area contributed by atoms with Crippen LogP contribution in [-0.4, -0.2) is 56.7 Å². The SMILES string of the molecule is CCC1CCCCN1C(=O)c1nc(C(=O)N2CCCCCC2)n2ccccc12. The second-order valence-electron chi connectivity index (χ2n) is 8.00. The molecule has 0 aliphatic carbocycles. The molecule has 0 spiro atoms. The van der Waals surface area contributed by atoms with Gasteiger partial charge in [-0.3, -0.25) is 14.0 Å². The van der Waals surface area contributed by atoms with Crippen LogP contribution in [0.25, 0.3) is 5.52 Å². The number of amides is 2. The summed E-state index contributed by atoms with van der Waals surface area (Å²) < 4.78 is 1.80. The van der Waals surface area contributed by atoms with E-state index in [9.17, 15) is 9.59 Å². The van der Waals surface area contributed by atoms with Crippen LogP contribution in [0, 0.1) is 0 Å². The number of nitrogens with zero attached hydrogens (tertiary/aromatic N) is 4. The Morgan fingerprint density at radius 2 is 1.75 bits per heavy atom. The standard InChI is InChI=1S/C22H30N4O2/c1-2-17-11-5-9-15-25(17)21(27)19-18-12-6-10-16-26(18)20(23-19)22(28)24-13-7-3-4-8-14-24/h6,10,12,16-17H,2-5,7-9,11,13-15H2,1H3. The molecule has 1 unspecified atom stereocenters. The molecule has 0 radical (unpaired) electrons. The van der Waals surface area contributed by atoms with Gasteiger partial charge in [-0.05, 0) is 50.7 Å². The molecule has 4 heterocycles. The lowest BCUT2D eigenvalue weighted by atomic mass is 9.99. The van der Waals surface area contributed by atoms with Gasteiger partial charge in [-0.1, -0.05) is 25.8 Å². The third kappa shape index (κ3) is 3.52. The molecule has 2 aromatic rings. The van der Waals surface area contributed by atoms with Gasteiger partial charge in [-0.25, -0.2) is 4.98 Å². The minimum atomic E-state index is -0.0622. The maximum absolute atomic E-state index is 13.4. The number of carbonyl (C=O) groups excluding carboxylic acids is 2. The average molecular weight is 383 g/mol. The molecule has 1 atom stereocenters. The topological polar surface area (TPSA) is 57.9 Å². The normalized spacial score (nSPS) is 21.0. The number of imidazole rings is 1. The van der Waals surface area contributed by atoms with E-state index in [1.807, 2.05) is 34.2 Å². The number of hydrogen-bond acceptors (Lipinski definition) is 3. The van der Waals surface area contributed by atoms with Gasteiger partial charge >= 0.3 is 0 Å². The molecule has 2 aliphatic heterocycles. The van der Waals surface area contributed by atoms with Crippen LogP contribution in [0.5, 0.6) is 0 Å². The first-order chi connectivity index (χ1) is 13.7. The number of likely N-dealkylation sites (tertiary alicyclic amines) is 2. The van der Waals surface area contributed by atoms with Crippen LogP contribution in [-0.2, 0) is 0 Å². The largest absolute Gasteiger partial charge is 0.336 e. The lowest BCUT2D eigenvalue weighted by Gasteiger charge is -2.34.